The first kappa shape index (κ1) is 13.8. The molecule has 1 heterocycles. The molecule has 0 amide bonds. The zero-order valence-corrected chi connectivity index (χ0v) is 10.7. The molecule has 6 heteroatoms. The summed E-state index contributed by atoms with van der Waals surface area (Å²) in [7, 11) is 3.46. The Morgan fingerprint density at radius 1 is 1.24 bits per heavy atom. The van der Waals surface area contributed by atoms with Gasteiger partial charge in [-0.05, 0) is 6.42 Å². The van der Waals surface area contributed by atoms with Gasteiger partial charge in [0.05, 0.1) is 25.5 Å². The number of methoxy groups -OCH3 is 1. The van der Waals surface area contributed by atoms with Crippen molar-refractivity contribution >= 4 is 5.69 Å². The summed E-state index contributed by atoms with van der Waals surface area (Å²) in [6.07, 6.45) is 0.799. The lowest BCUT2D eigenvalue weighted by atomic mass is 10.3. The molecule has 0 fully saturated rings. The Labute approximate surface area is 102 Å². The van der Waals surface area contributed by atoms with E-state index in [1.54, 1.807) is 11.8 Å². The van der Waals surface area contributed by atoms with Crippen LogP contribution in [-0.4, -0.2) is 43.3 Å². The van der Waals surface area contributed by atoms with Crippen molar-refractivity contribution in [3.05, 3.63) is 5.69 Å². The second kappa shape index (κ2) is 7.13. The lowest BCUT2D eigenvalue weighted by Crippen LogP contribution is -2.12. The summed E-state index contributed by atoms with van der Waals surface area (Å²) in [6, 6.07) is 0. The van der Waals surface area contributed by atoms with Crippen LogP contribution in [0, 0.1) is 0 Å². The molecule has 0 aromatic carbocycles. The van der Waals surface area contributed by atoms with E-state index in [0.717, 1.165) is 12.1 Å². The summed E-state index contributed by atoms with van der Waals surface area (Å²) in [5.74, 6) is 0.609. The number of aromatic nitrogens is 2. The molecule has 98 valence electrons. The highest BCUT2D eigenvalue weighted by atomic mass is 16.5. The van der Waals surface area contributed by atoms with Gasteiger partial charge in [0.2, 0.25) is 5.88 Å². The number of anilines is 1. The molecule has 0 spiro atoms. The lowest BCUT2D eigenvalue weighted by Gasteiger charge is -2.07. The van der Waals surface area contributed by atoms with Gasteiger partial charge in [0.1, 0.15) is 12.3 Å². The molecule has 0 aliphatic carbocycles. The van der Waals surface area contributed by atoms with Crippen LogP contribution in [0.2, 0.25) is 0 Å². The fourth-order valence-corrected chi connectivity index (χ4v) is 1.45. The molecule has 0 aliphatic rings. The molecule has 0 unspecified atom stereocenters. The van der Waals surface area contributed by atoms with Crippen molar-refractivity contribution in [1.29, 1.82) is 0 Å². The first-order valence-corrected chi connectivity index (χ1v) is 5.71. The number of nitrogen functional groups attached to an aromatic ring is 1. The highest BCUT2D eigenvalue weighted by molar-refractivity contribution is 5.53. The van der Waals surface area contributed by atoms with Crippen LogP contribution in [0.3, 0.4) is 0 Å². The molecular weight excluding hydrogens is 222 g/mol. The second-order valence-electron chi connectivity index (χ2n) is 3.60. The van der Waals surface area contributed by atoms with Crippen LogP contribution in [0.4, 0.5) is 5.69 Å². The number of nitrogens with zero attached hydrogens (tertiary/aromatic N) is 2. The minimum Gasteiger partial charge on any atom is -0.474 e. The summed E-state index contributed by atoms with van der Waals surface area (Å²) >= 11 is 0. The number of rotatable bonds is 8. The predicted octanol–water partition coefficient (Wildman–Crippen LogP) is 0.607. The van der Waals surface area contributed by atoms with Crippen molar-refractivity contribution in [3.8, 4) is 5.88 Å². The number of ether oxygens (including phenoxy) is 3. The third-order valence-electron chi connectivity index (χ3n) is 2.34. The number of hydrogen-bond acceptors (Lipinski definition) is 5. The molecule has 0 atom stereocenters. The van der Waals surface area contributed by atoms with Crippen LogP contribution in [0.25, 0.3) is 0 Å². The normalized spacial score (nSPS) is 10.8. The largest absolute Gasteiger partial charge is 0.474 e. The lowest BCUT2D eigenvalue weighted by molar-refractivity contribution is 0.0531. The van der Waals surface area contributed by atoms with Gasteiger partial charge in [0.15, 0.2) is 0 Å². The molecule has 0 saturated heterocycles. The molecular formula is C11H21N3O3. The van der Waals surface area contributed by atoms with Crippen molar-refractivity contribution in [2.45, 2.75) is 13.3 Å². The number of nitrogens with two attached hydrogens (primary N) is 1. The van der Waals surface area contributed by atoms with E-state index in [-0.39, 0.29) is 0 Å². The Balaban J connectivity index is 2.34. The Morgan fingerprint density at radius 3 is 2.53 bits per heavy atom. The van der Waals surface area contributed by atoms with Crippen LogP contribution in [0.1, 0.15) is 12.6 Å². The van der Waals surface area contributed by atoms with Gasteiger partial charge in [-0.15, -0.1) is 0 Å². The Hall–Kier alpha value is -1.27. The predicted molar refractivity (Wildman–Crippen MR) is 65.2 cm³/mol. The van der Waals surface area contributed by atoms with Gasteiger partial charge in [-0.25, -0.2) is 4.68 Å². The minimum absolute atomic E-state index is 0.455. The first-order valence-electron chi connectivity index (χ1n) is 5.71. The van der Waals surface area contributed by atoms with Crippen molar-refractivity contribution in [1.82, 2.24) is 9.78 Å². The van der Waals surface area contributed by atoms with E-state index in [2.05, 4.69) is 5.10 Å². The van der Waals surface area contributed by atoms with Crippen molar-refractivity contribution < 1.29 is 14.2 Å². The fraction of sp³-hybridized carbons (Fsp3) is 0.727. The van der Waals surface area contributed by atoms with Crippen molar-refractivity contribution in [2.75, 3.05) is 39.3 Å². The second-order valence-corrected chi connectivity index (χ2v) is 3.60. The Morgan fingerprint density at radius 2 is 1.94 bits per heavy atom. The maximum Gasteiger partial charge on any atom is 0.235 e. The molecule has 1 aromatic heterocycles. The summed E-state index contributed by atoms with van der Waals surface area (Å²) in [4.78, 5) is 0. The third-order valence-corrected chi connectivity index (χ3v) is 2.34. The molecule has 1 aromatic rings. The van der Waals surface area contributed by atoms with E-state index in [9.17, 15) is 0 Å². The van der Waals surface area contributed by atoms with Gasteiger partial charge in [0, 0.05) is 14.2 Å². The maximum atomic E-state index is 5.91. The van der Waals surface area contributed by atoms with Crippen molar-refractivity contribution in [2.24, 2.45) is 7.05 Å². The topological polar surface area (TPSA) is 71.5 Å². The van der Waals surface area contributed by atoms with E-state index in [4.69, 9.17) is 19.9 Å². The average molecular weight is 243 g/mol. The molecule has 6 nitrogen and oxygen atoms in total. The van der Waals surface area contributed by atoms with Crippen LogP contribution in [0.15, 0.2) is 0 Å². The third kappa shape index (κ3) is 3.90. The van der Waals surface area contributed by atoms with Crippen LogP contribution < -0.4 is 10.5 Å². The van der Waals surface area contributed by atoms with Crippen LogP contribution in [-0.2, 0) is 22.9 Å². The summed E-state index contributed by atoms with van der Waals surface area (Å²) in [6.45, 7) is 4.14. The van der Waals surface area contributed by atoms with Gasteiger partial charge in [-0.2, -0.15) is 5.10 Å². The van der Waals surface area contributed by atoms with Gasteiger partial charge in [0.25, 0.3) is 0 Å². The average Bonchev–Trinajstić information content (AvgIpc) is 2.60. The SMILES string of the molecule is CCc1nn(C)c(OCCOCCOC)c1N. The van der Waals surface area contributed by atoms with E-state index in [1.807, 2.05) is 14.0 Å². The van der Waals surface area contributed by atoms with E-state index >= 15 is 0 Å². The van der Waals surface area contributed by atoms with Crippen LogP contribution in [0.5, 0.6) is 5.88 Å². The Kier molecular flexibility index (Phi) is 5.79. The van der Waals surface area contributed by atoms with E-state index in [0.29, 0.717) is 38.0 Å². The Bertz CT molecular complexity index is 339. The van der Waals surface area contributed by atoms with Gasteiger partial charge < -0.3 is 19.9 Å². The molecule has 17 heavy (non-hydrogen) atoms. The standard InChI is InChI=1S/C11H21N3O3/c1-4-9-10(12)11(14(2)13-9)17-8-7-16-6-5-15-3/h4-8,12H2,1-3H3. The van der Waals surface area contributed by atoms with Gasteiger partial charge in [-0.3, -0.25) is 0 Å². The molecule has 0 radical (unpaired) electrons. The first-order chi connectivity index (χ1) is 8.20. The monoisotopic (exact) mass is 243 g/mol. The van der Waals surface area contributed by atoms with Gasteiger partial charge in [-0.1, -0.05) is 6.92 Å². The summed E-state index contributed by atoms with van der Waals surface area (Å²) in [5.41, 5.74) is 7.39. The summed E-state index contributed by atoms with van der Waals surface area (Å²) in [5, 5.41) is 4.26. The van der Waals surface area contributed by atoms with E-state index < -0.39 is 0 Å². The molecule has 0 aliphatic heterocycles. The molecule has 0 bridgehead atoms. The molecule has 1 rings (SSSR count). The molecule has 2 N–H and O–H groups in total. The zero-order chi connectivity index (χ0) is 12.7. The molecule has 0 saturated carbocycles. The number of aryl methyl sites for hydroxylation is 2. The van der Waals surface area contributed by atoms with Crippen molar-refractivity contribution in [3.63, 3.8) is 0 Å². The summed E-state index contributed by atoms with van der Waals surface area (Å²) < 4.78 is 17.3. The van der Waals surface area contributed by atoms with Gasteiger partial charge >= 0.3 is 0 Å². The smallest absolute Gasteiger partial charge is 0.235 e. The van der Waals surface area contributed by atoms with E-state index in [1.165, 1.54) is 0 Å². The minimum atomic E-state index is 0.455. The quantitative estimate of drug-likeness (QED) is 0.677. The highest BCUT2D eigenvalue weighted by Gasteiger charge is 2.12. The number of hydrogen-bond donors (Lipinski definition) is 1. The highest BCUT2D eigenvalue weighted by Crippen LogP contribution is 2.24. The fourth-order valence-electron chi connectivity index (χ4n) is 1.45. The zero-order valence-electron chi connectivity index (χ0n) is 10.7. The maximum absolute atomic E-state index is 5.91. The van der Waals surface area contributed by atoms with Crippen LogP contribution >= 0.6 is 0 Å².